The van der Waals surface area contributed by atoms with E-state index in [1.54, 1.807) is 0 Å². The predicted molar refractivity (Wildman–Crippen MR) is 76.1 cm³/mol. The van der Waals surface area contributed by atoms with Gasteiger partial charge in [0.1, 0.15) is 0 Å². The van der Waals surface area contributed by atoms with Gasteiger partial charge >= 0.3 is 0 Å². The van der Waals surface area contributed by atoms with E-state index in [4.69, 9.17) is 9.84 Å². The molecule has 3 N–H and O–H groups in total. The zero-order chi connectivity index (χ0) is 14.2. The van der Waals surface area contributed by atoms with Gasteiger partial charge in [-0.25, -0.2) is 0 Å². The van der Waals surface area contributed by atoms with Crippen LogP contribution < -0.4 is 10.6 Å². The Balaban J connectivity index is 1.67. The maximum absolute atomic E-state index is 11.8. The number of carbonyl (C=O) groups is 1. The van der Waals surface area contributed by atoms with Crippen molar-refractivity contribution in [1.82, 2.24) is 10.6 Å². The average Bonchev–Trinajstić information content (AvgIpc) is 2.48. The Morgan fingerprint density at radius 1 is 1.30 bits per heavy atom. The highest BCUT2D eigenvalue weighted by Gasteiger charge is 2.15. The Morgan fingerprint density at radius 2 is 2.05 bits per heavy atom. The molecule has 0 radical (unpaired) electrons. The van der Waals surface area contributed by atoms with Gasteiger partial charge in [0, 0.05) is 25.8 Å². The molecule has 0 aliphatic carbocycles. The molecule has 1 amide bonds. The van der Waals surface area contributed by atoms with Crippen molar-refractivity contribution in [3.05, 3.63) is 35.4 Å². The van der Waals surface area contributed by atoms with Crippen molar-refractivity contribution in [1.29, 1.82) is 0 Å². The summed E-state index contributed by atoms with van der Waals surface area (Å²) in [6, 6.07) is 7.94. The molecule has 110 valence electrons. The van der Waals surface area contributed by atoms with Gasteiger partial charge in [0.25, 0.3) is 0 Å². The molecule has 1 aromatic carbocycles. The number of nitrogens with one attached hydrogen (secondary N) is 2. The third-order valence-corrected chi connectivity index (χ3v) is 3.38. The molecule has 1 aliphatic heterocycles. The molecule has 0 aromatic heterocycles. The fourth-order valence-electron chi connectivity index (χ4n) is 2.28. The minimum Gasteiger partial charge on any atom is -0.392 e. The lowest BCUT2D eigenvalue weighted by Crippen LogP contribution is -2.42. The van der Waals surface area contributed by atoms with Crippen molar-refractivity contribution < 1.29 is 14.6 Å². The molecular weight excluding hydrogens is 256 g/mol. The van der Waals surface area contributed by atoms with Crippen molar-refractivity contribution in [2.75, 3.05) is 19.8 Å². The first-order chi connectivity index (χ1) is 9.78. The van der Waals surface area contributed by atoms with Crippen LogP contribution in [-0.2, 0) is 22.7 Å². The molecule has 5 nitrogen and oxygen atoms in total. The number of benzene rings is 1. The summed E-state index contributed by atoms with van der Waals surface area (Å²) >= 11 is 0. The van der Waals surface area contributed by atoms with Gasteiger partial charge in [-0.15, -0.1) is 0 Å². The molecule has 1 fully saturated rings. The molecule has 1 aromatic rings. The van der Waals surface area contributed by atoms with Gasteiger partial charge in [0.2, 0.25) is 5.91 Å². The lowest BCUT2D eigenvalue weighted by molar-refractivity contribution is -0.121. The summed E-state index contributed by atoms with van der Waals surface area (Å²) in [7, 11) is 0. The van der Waals surface area contributed by atoms with E-state index in [1.807, 2.05) is 24.3 Å². The van der Waals surface area contributed by atoms with E-state index in [2.05, 4.69) is 10.6 Å². The zero-order valence-corrected chi connectivity index (χ0v) is 11.6. The Labute approximate surface area is 119 Å². The predicted octanol–water partition coefficient (Wildman–Crippen LogP) is 0.564. The van der Waals surface area contributed by atoms with Crippen molar-refractivity contribution in [3.63, 3.8) is 0 Å². The summed E-state index contributed by atoms with van der Waals surface area (Å²) in [4.78, 5) is 11.8. The molecule has 0 bridgehead atoms. The van der Waals surface area contributed by atoms with E-state index in [1.165, 1.54) is 0 Å². The third kappa shape index (κ3) is 4.92. The van der Waals surface area contributed by atoms with E-state index >= 15 is 0 Å². The van der Waals surface area contributed by atoms with Gasteiger partial charge < -0.3 is 20.5 Å². The number of aliphatic hydroxyl groups excluding tert-OH is 1. The Kier molecular flexibility index (Phi) is 5.98. The number of ether oxygens (including phenoxy) is 1. The molecule has 1 aliphatic rings. The topological polar surface area (TPSA) is 70.6 Å². The first-order valence-corrected chi connectivity index (χ1v) is 7.04. The lowest BCUT2D eigenvalue weighted by Gasteiger charge is -2.23. The molecule has 0 atom stereocenters. The second-order valence-corrected chi connectivity index (χ2v) is 5.04. The minimum atomic E-state index is 0.0233. The Bertz CT molecular complexity index is 431. The van der Waals surface area contributed by atoms with E-state index < -0.39 is 0 Å². The molecule has 0 spiro atoms. The number of hydrogen-bond donors (Lipinski definition) is 3. The monoisotopic (exact) mass is 278 g/mol. The first-order valence-electron chi connectivity index (χ1n) is 7.04. The van der Waals surface area contributed by atoms with Crippen LogP contribution in [0.1, 0.15) is 24.0 Å². The summed E-state index contributed by atoms with van der Waals surface area (Å²) in [6.07, 6.45) is 1.79. The van der Waals surface area contributed by atoms with Gasteiger partial charge in [-0.2, -0.15) is 0 Å². The SMILES string of the molecule is O=C(CNCc1cccc(CO)c1)NC1CCOCC1. The average molecular weight is 278 g/mol. The number of amides is 1. The van der Waals surface area contributed by atoms with Crippen LogP contribution in [0.25, 0.3) is 0 Å². The van der Waals surface area contributed by atoms with Crippen LogP contribution in [0.3, 0.4) is 0 Å². The van der Waals surface area contributed by atoms with Crippen LogP contribution in [0.5, 0.6) is 0 Å². The van der Waals surface area contributed by atoms with Gasteiger partial charge in [0.05, 0.1) is 13.2 Å². The van der Waals surface area contributed by atoms with E-state index in [0.717, 1.165) is 37.2 Å². The normalized spacial score (nSPS) is 16.1. The maximum atomic E-state index is 11.8. The number of aliphatic hydroxyl groups is 1. The molecular formula is C15H22N2O3. The highest BCUT2D eigenvalue weighted by molar-refractivity contribution is 5.78. The largest absolute Gasteiger partial charge is 0.392 e. The lowest BCUT2D eigenvalue weighted by atomic mass is 10.1. The van der Waals surface area contributed by atoms with Crippen LogP contribution in [-0.4, -0.2) is 36.8 Å². The number of carbonyl (C=O) groups excluding carboxylic acids is 1. The van der Waals surface area contributed by atoms with E-state index in [-0.39, 0.29) is 18.6 Å². The highest BCUT2D eigenvalue weighted by atomic mass is 16.5. The van der Waals surface area contributed by atoms with Gasteiger partial charge in [0.15, 0.2) is 0 Å². The first kappa shape index (κ1) is 15.0. The smallest absolute Gasteiger partial charge is 0.234 e. The van der Waals surface area contributed by atoms with E-state index in [9.17, 15) is 4.79 Å². The van der Waals surface area contributed by atoms with Crippen molar-refractivity contribution in [3.8, 4) is 0 Å². The molecule has 0 unspecified atom stereocenters. The maximum Gasteiger partial charge on any atom is 0.234 e. The Hall–Kier alpha value is -1.43. The number of hydrogen-bond acceptors (Lipinski definition) is 4. The van der Waals surface area contributed by atoms with Crippen LogP contribution in [0.15, 0.2) is 24.3 Å². The summed E-state index contributed by atoms with van der Waals surface area (Å²) in [6.45, 7) is 2.42. The zero-order valence-electron chi connectivity index (χ0n) is 11.6. The fraction of sp³-hybridized carbons (Fsp3) is 0.533. The van der Waals surface area contributed by atoms with Crippen molar-refractivity contribution in [2.45, 2.75) is 32.0 Å². The summed E-state index contributed by atoms with van der Waals surface area (Å²) < 4.78 is 5.25. The van der Waals surface area contributed by atoms with E-state index in [0.29, 0.717) is 13.1 Å². The third-order valence-electron chi connectivity index (χ3n) is 3.38. The van der Waals surface area contributed by atoms with Gasteiger partial charge in [-0.3, -0.25) is 4.79 Å². The molecule has 0 saturated carbocycles. The summed E-state index contributed by atoms with van der Waals surface area (Å²) in [5, 5.41) is 15.2. The molecule has 20 heavy (non-hydrogen) atoms. The van der Waals surface area contributed by atoms with Crippen LogP contribution in [0.4, 0.5) is 0 Å². The summed E-state index contributed by atoms with van der Waals surface area (Å²) in [5.74, 6) is 0.0233. The van der Waals surface area contributed by atoms with Crippen LogP contribution in [0, 0.1) is 0 Å². The quantitative estimate of drug-likeness (QED) is 0.711. The van der Waals surface area contributed by atoms with Crippen LogP contribution >= 0.6 is 0 Å². The molecule has 2 rings (SSSR count). The van der Waals surface area contributed by atoms with Crippen LogP contribution in [0.2, 0.25) is 0 Å². The highest BCUT2D eigenvalue weighted by Crippen LogP contribution is 2.06. The molecule has 1 saturated heterocycles. The van der Waals surface area contributed by atoms with Crippen molar-refractivity contribution >= 4 is 5.91 Å². The van der Waals surface area contributed by atoms with Crippen molar-refractivity contribution in [2.24, 2.45) is 0 Å². The number of rotatable bonds is 6. The Morgan fingerprint density at radius 3 is 2.80 bits per heavy atom. The summed E-state index contributed by atoms with van der Waals surface area (Å²) in [5.41, 5.74) is 1.95. The second kappa shape index (κ2) is 7.99. The van der Waals surface area contributed by atoms with Gasteiger partial charge in [-0.05, 0) is 24.0 Å². The molecule has 5 heteroatoms. The second-order valence-electron chi connectivity index (χ2n) is 5.04. The minimum absolute atomic E-state index is 0.0233. The standard InChI is InChI=1S/C15H22N2O3/c18-11-13-3-1-2-12(8-13)9-16-10-15(19)17-14-4-6-20-7-5-14/h1-3,8,14,16,18H,4-7,9-11H2,(H,17,19). The van der Waals surface area contributed by atoms with Gasteiger partial charge in [-0.1, -0.05) is 24.3 Å². The molecule has 1 heterocycles. The fourth-order valence-corrected chi connectivity index (χ4v) is 2.28.